The number of nitrogens with zero attached hydrogens (tertiary/aromatic N) is 2. The summed E-state index contributed by atoms with van der Waals surface area (Å²) in [6.45, 7) is 3.98. The summed E-state index contributed by atoms with van der Waals surface area (Å²) >= 11 is 0. The predicted octanol–water partition coefficient (Wildman–Crippen LogP) is 1.71. The lowest BCUT2D eigenvalue weighted by molar-refractivity contribution is 0.379. The Morgan fingerprint density at radius 1 is 1.30 bits per heavy atom. The highest BCUT2D eigenvalue weighted by Crippen LogP contribution is 2.28. The second-order valence-electron chi connectivity index (χ2n) is 5.82. The molecule has 3 rings (SSSR count). The SMILES string of the molecule is CC1CCN(c2cc(=O)n(C)c3ccccc23)CC1N. The summed E-state index contributed by atoms with van der Waals surface area (Å²) in [7, 11) is 1.82. The van der Waals surface area contributed by atoms with Crippen molar-refractivity contribution in [3.05, 3.63) is 40.7 Å². The highest BCUT2D eigenvalue weighted by molar-refractivity contribution is 5.92. The molecule has 106 valence electrons. The van der Waals surface area contributed by atoms with Gasteiger partial charge in [0.25, 0.3) is 5.56 Å². The van der Waals surface area contributed by atoms with Crippen molar-refractivity contribution >= 4 is 16.6 Å². The van der Waals surface area contributed by atoms with E-state index in [2.05, 4.69) is 17.9 Å². The minimum absolute atomic E-state index is 0.0332. The number of piperidine rings is 1. The van der Waals surface area contributed by atoms with Gasteiger partial charge >= 0.3 is 0 Å². The van der Waals surface area contributed by atoms with Gasteiger partial charge in [0.05, 0.1) is 11.2 Å². The number of nitrogens with two attached hydrogens (primary N) is 1. The molecule has 4 nitrogen and oxygen atoms in total. The fraction of sp³-hybridized carbons (Fsp3) is 0.438. The molecule has 20 heavy (non-hydrogen) atoms. The van der Waals surface area contributed by atoms with E-state index in [1.165, 1.54) is 0 Å². The lowest BCUT2D eigenvalue weighted by Gasteiger charge is -2.37. The maximum absolute atomic E-state index is 12.1. The van der Waals surface area contributed by atoms with Gasteiger partial charge in [-0.2, -0.15) is 0 Å². The Morgan fingerprint density at radius 2 is 2.05 bits per heavy atom. The lowest BCUT2D eigenvalue weighted by Crippen LogP contribution is -2.48. The normalized spacial score (nSPS) is 23.2. The van der Waals surface area contributed by atoms with E-state index in [1.807, 2.05) is 25.2 Å². The molecule has 0 saturated carbocycles. The minimum Gasteiger partial charge on any atom is -0.369 e. The van der Waals surface area contributed by atoms with Crippen LogP contribution in [0.4, 0.5) is 5.69 Å². The average molecular weight is 271 g/mol. The molecule has 0 spiro atoms. The molecule has 0 bridgehead atoms. The third-order valence-electron chi connectivity index (χ3n) is 4.49. The van der Waals surface area contributed by atoms with Gasteiger partial charge in [0.15, 0.2) is 0 Å². The number of para-hydroxylation sites is 1. The molecule has 1 fully saturated rings. The van der Waals surface area contributed by atoms with Crippen LogP contribution in [-0.4, -0.2) is 23.7 Å². The molecule has 1 aliphatic heterocycles. The van der Waals surface area contributed by atoms with Crippen LogP contribution in [0.2, 0.25) is 0 Å². The molecule has 2 heterocycles. The van der Waals surface area contributed by atoms with E-state index in [-0.39, 0.29) is 11.6 Å². The third kappa shape index (κ3) is 2.10. The molecule has 0 aliphatic carbocycles. The van der Waals surface area contributed by atoms with Crippen molar-refractivity contribution in [2.75, 3.05) is 18.0 Å². The summed E-state index contributed by atoms with van der Waals surface area (Å²) in [6.07, 6.45) is 1.07. The zero-order valence-corrected chi connectivity index (χ0v) is 12.0. The highest BCUT2D eigenvalue weighted by Gasteiger charge is 2.24. The van der Waals surface area contributed by atoms with Gasteiger partial charge in [0.2, 0.25) is 0 Å². The van der Waals surface area contributed by atoms with Gasteiger partial charge in [-0.15, -0.1) is 0 Å². The number of pyridine rings is 1. The zero-order valence-electron chi connectivity index (χ0n) is 12.0. The molecule has 2 atom stereocenters. The molecular weight excluding hydrogens is 250 g/mol. The first-order valence-electron chi connectivity index (χ1n) is 7.17. The number of aryl methyl sites for hydroxylation is 1. The van der Waals surface area contributed by atoms with E-state index >= 15 is 0 Å². The highest BCUT2D eigenvalue weighted by atomic mass is 16.1. The van der Waals surface area contributed by atoms with Gasteiger partial charge in [-0.1, -0.05) is 25.1 Å². The topological polar surface area (TPSA) is 51.3 Å². The fourth-order valence-electron chi connectivity index (χ4n) is 2.97. The van der Waals surface area contributed by atoms with E-state index in [9.17, 15) is 4.79 Å². The van der Waals surface area contributed by atoms with Crippen molar-refractivity contribution in [2.45, 2.75) is 19.4 Å². The summed E-state index contributed by atoms with van der Waals surface area (Å²) in [5.41, 5.74) is 8.22. The Labute approximate surface area is 118 Å². The second kappa shape index (κ2) is 4.94. The largest absolute Gasteiger partial charge is 0.369 e. The van der Waals surface area contributed by atoms with Crippen LogP contribution < -0.4 is 16.2 Å². The van der Waals surface area contributed by atoms with Crippen molar-refractivity contribution in [1.82, 2.24) is 4.57 Å². The number of rotatable bonds is 1. The molecule has 1 saturated heterocycles. The van der Waals surface area contributed by atoms with Crippen LogP contribution in [0.5, 0.6) is 0 Å². The Kier molecular flexibility index (Phi) is 3.26. The number of aromatic nitrogens is 1. The quantitative estimate of drug-likeness (QED) is 0.859. The first kappa shape index (κ1) is 13.2. The number of benzene rings is 1. The van der Waals surface area contributed by atoms with Gasteiger partial charge < -0.3 is 15.2 Å². The lowest BCUT2D eigenvalue weighted by atomic mass is 9.93. The molecule has 0 radical (unpaired) electrons. The van der Waals surface area contributed by atoms with E-state index in [4.69, 9.17) is 5.73 Å². The minimum atomic E-state index is 0.0332. The number of anilines is 1. The maximum Gasteiger partial charge on any atom is 0.252 e. The monoisotopic (exact) mass is 271 g/mol. The molecular formula is C16H21N3O. The third-order valence-corrected chi connectivity index (χ3v) is 4.49. The van der Waals surface area contributed by atoms with Crippen LogP contribution in [0.15, 0.2) is 35.1 Å². The number of hydrogen-bond donors (Lipinski definition) is 1. The molecule has 1 aliphatic rings. The van der Waals surface area contributed by atoms with E-state index in [0.717, 1.165) is 36.1 Å². The summed E-state index contributed by atoms with van der Waals surface area (Å²) < 4.78 is 1.70. The molecule has 1 aromatic heterocycles. The van der Waals surface area contributed by atoms with E-state index in [0.29, 0.717) is 5.92 Å². The van der Waals surface area contributed by atoms with Crippen molar-refractivity contribution in [2.24, 2.45) is 18.7 Å². The molecule has 0 amide bonds. The fourth-order valence-corrected chi connectivity index (χ4v) is 2.97. The summed E-state index contributed by atoms with van der Waals surface area (Å²) in [4.78, 5) is 14.4. The van der Waals surface area contributed by atoms with Gasteiger partial charge in [-0.25, -0.2) is 0 Å². The van der Waals surface area contributed by atoms with Crippen LogP contribution in [0.1, 0.15) is 13.3 Å². The first-order chi connectivity index (χ1) is 9.58. The Bertz CT molecular complexity index is 692. The van der Waals surface area contributed by atoms with Gasteiger partial charge in [0.1, 0.15) is 0 Å². The summed E-state index contributed by atoms with van der Waals surface area (Å²) in [5, 5.41) is 1.12. The van der Waals surface area contributed by atoms with Crippen LogP contribution in [0, 0.1) is 5.92 Å². The second-order valence-corrected chi connectivity index (χ2v) is 5.82. The van der Waals surface area contributed by atoms with Crippen molar-refractivity contribution in [3.8, 4) is 0 Å². The van der Waals surface area contributed by atoms with Crippen molar-refractivity contribution in [1.29, 1.82) is 0 Å². The maximum atomic E-state index is 12.1. The number of fused-ring (bicyclic) bond motifs is 1. The van der Waals surface area contributed by atoms with Crippen molar-refractivity contribution in [3.63, 3.8) is 0 Å². The van der Waals surface area contributed by atoms with E-state index in [1.54, 1.807) is 10.6 Å². The van der Waals surface area contributed by atoms with Crippen LogP contribution >= 0.6 is 0 Å². The Morgan fingerprint density at radius 3 is 2.80 bits per heavy atom. The van der Waals surface area contributed by atoms with Crippen LogP contribution in [0.25, 0.3) is 10.9 Å². The van der Waals surface area contributed by atoms with Crippen molar-refractivity contribution < 1.29 is 0 Å². The molecule has 4 heteroatoms. The standard InChI is InChI=1S/C16H21N3O/c1-11-7-8-19(10-13(11)17)15-9-16(20)18(2)14-6-4-3-5-12(14)15/h3-6,9,11,13H,7-8,10,17H2,1-2H3. The van der Waals surface area contributed by atoms with Gasteiger partial charge in [0, 0.05) is 37.6 Å². The molecule has 2 aromatic rings. The van der Waals surface area contributed by atoms with E-state index < -0.39 is 0 Å². The number of hydrogen-bond acceptors (Lipinski definition) is 3. The zero-order chi connectivity index (χ0) is 14.3. The summed E-state index contributed by atoms with van der Waals surface area (Å²) in [6, 6.07) is 9.97. The van der Waals surface area contributed by atoms with Gasteiger partial charge in [-0.3, -0.25) is 4.79 Å². The average Bonchev–Trinajstić information content (AvgIpc) is 2.46. The van der Waals surface area contributed by atoms with Gasteiger partial charge in [-0.05, 0) is 18.4 Å². The smallest absolute Gasteiger partial charge is 0.252 e. The molecule has 2 unspecified atom stereocenters. The predicted molar refractivity (Wildman–Crippen MR) is 83.2 cm³/mol. The first-order valence-corrected chi connectivity index (χ1v) is 7.17. The van der Waals surface area contributed by atoms with Crippen LogP contribution in [0.3, 0.4) is 0 Å². The Hall–Kier alpha value is -1.81. The molecule has 1 aromatic carbocycles. The Balaban J connectivity index is 2.12. The summed E-state index contributed by atoms with van der Waals surface area (Å²) in [5.74, 6) is 0.545. The van der Waals surface area contributed by atoms with Crippen LogP contribution in [-0.2, 0) is 7.05 Å². The molecule has 2 N–H and O–H groups in total.